The summed E-state index contributed by atoms with van der Waals surface area (Å²) in [6, 6.07) is -1.03. The van der Waals surface area contributed by atoms with Crippen LogP contribution in [0.15, 0.2) is 0 Å². The second-order valence-electron chi connectivity index (χ2n) is 4.26. The quantitative estimate of drug-likeness (QED) is 0.193. The number of carbonyl (C=O) groups is 3. The van der Waals surface area contributed by atoms with Crippen molar-refractivity contribution in [3.8, 4) is 12.3 Å². The Kier molecular flexibility index (Phi) is 10.3. The topological polar surface area (TPSA) is 118 Å². The van der Waals surface area contributed by atoms with Gasteiger partial charge in [-0.3, -0.25) is 9.59 Å². The number of terminal acetylenes is 1. The molecule has 22 heavy (non-hydrogen) atoms. The van der Waals surface area contributed by atoms with Gasteiger partial charge < -0.3 is 25.5 Å². The lowest BCUT2D eigenvalue weighted by Crippen LogP contribution is -2.46. The van der Waals surface area contributed by atoms with Gasteiger partial charge in [-0.1, -0.05) is 5.92 Å². The standard InChI is InChI=1S/C14H21N3O5/c1-4-12(21-3)13(19)17-11(6-5-10(18)9-15)14(20)22-8-7-16-2/h1,9,11-12,15-16H,5-8H2,2-3H3,(H,17,19)/t11-,12-/m0/s1. The molecular formula is C14H21N3O5. The zero-order valence-electron chi connectivity index (χ0n) is 12.7. The molecule has 0 aromatic rings. The van der Waals surface area contributed by atoms with Gasteiger partial charge in [0.05, 0.1) is 6.21 Å². The predicted molar refractivity (Wildman–Crippen MR) is 79.5 cm³/mol. The van der Waals surface area contributed by atoms with Crippen molar-refractivity contribution in [2.24, 2.45) is 0 Å². The van der Waals surface area contributed by atoms with E-state index in [-0.39, 0.29) is 19.4 Å². The van der Waals surface area contributed by atoms with Crippen LogP contribution in [-0.4, -0.2) is 63.3 Å². The average molecular weight is 311 g/mol. The summed E-state index contributed by atoms with van der Waals surface area (Å²) in [5.41, 5.74) is 0. The van der Waals surface area contributed by atoms with Crippen LogP contribution in [0.3, 0.4) is 0 Å². The third kappa shape index (κ3) is 7.52. The third-order valence-electron chi connectivity index (χ3n) is 2.66. The summed E-state index contributed by atoms with van der Waals surface area (Å²) in [5.74, 6) is 0.332. The second kappa shape index (κ2) is 11.4. The van der Waals surface area contributed by atoms with Crippen molar-refractivity contribution in [1.82, 2.24) is 10.6 Å². The molecule has 0 aromatic heterocycles. The fraction of sp³-hybridized carbons (Fsp3) is 0.571. The summed E-state index contributed by atoms with van der Waals surface area (Å²) < 4.78 is 9.76. The summed E-state index contributed by atoms with van der Waals surface area (Å²) in [4.78, 5) is 34.9. The van der Waals surface area contributed by atoms with Crippen molar-refractivity contribution in [3.63, 3.8) is 0 Å². The van der Waals surface area contributed by atoms with Gasteiger partial charge in [0.15, 0.2) is 11.9 Å². The highest BCUT2D eigenvalue weighted by Crippen LogP contribution is 2.02. The van der Waals surface area contributed by atoms with E-state index in [9.17, 15) is 14.4 Å². The highest BCUT2D eigenvalue weighted by Gasteiger charge is 2.26. The summed E-state index contributed by atoms with van der Waals surface area (Å²) in [6.07, 6.45) is 4.60. The molecule has 0 aliphatic carbocycles. The Morgan fingerprint density at radius 3 is 2.59 bits per heavy atom. The van der Waals surface area contributed by atoms with Gasteiger partial charge in [-0.25, -0.2) is 4.79 Å². The smallest absolute Gasteiger partial charge is 0.328 e. The lowest BCUT2D eigenvalue weighted by Gasteiger charge is -2.18. The molecule has 0 bridgehead atoms. The second-order valence-corrected chi connectivity index (χ2v) is 4.26. The van der Waals surface area contributed by atoms with Gasteiger partial charge in [0.2, 0.25) is 0 Å². The number of rotatable bonds is 11. The van der Waals surface area contributed by atoms with Crippen LogP contribution < -0.4 is 10.6 Å². The Morgan fingerprint density at radius 2 is 2.09 bits per heavy atom. The molecule has 8 nitrogen and oxygen atoms in total. The molecule has 0 aliphatic rings. The summed E-state index contributed by atoms with van der Waals surface area (Å²) in [5, 5.41) is 12.0. The molecule has 0 unspecified atom stereocenters. The monoisotopic (exact) mass is 311 g/mol. The fourth-order valence-corrected chi connectivity index (χ4v) is 1.46. The van der Waals surface area contributed by atoms with Crippen LogP contribution in [-0.2, 0) is 23.9 Å². The number of carbonyl (C=O) groups excluding carboxylic acids is 3. The Hall–Kier alpha value is -2.24. The number of likely N-dealkylation sites (N-methyl/N-ethyl adjacent to an activating group) is 1. The Morgan fingerprint density at radius 1 is 1.41 bits per heavy atom. The number of amides is 1. The summed E-state index contributed by atoms with van der Waals surface area (Å²) >= 11 is 0. The molecule has 0 heterocycles. The average Bonchev–Trinajstić information content (AvgIpc) is 2.52. The Labute approximate surface area is 129 Å². The molecule has 1 amide bonds. The number of ether oxygens (including phenoxy) is 2. The van der Waals surface area contributed by atoms with Gasteiger partial charge in [-0.2, -0.15) is 0 Å². The molecule has 0 fully saturated rings. The van der Waals surface area contributed by atoms with E-state index in [1.165, 1.54) is 7.11 Å². The minimum absolute atomic E-state index is 0.0132. The number of nitrogens with one attached hydrogen (secondary N) is 3. The minimum atomic E-state index is -1.13. The molecule has 122 valence electrons. The van der Waals surface area contributed by atoms with Crippen LogP contribution in [0.2, 0.25) is 0 Å². The van der Waals surface area contributed by atoms with Crippen LogP contribution in [0.4, 0.5) is 0 Å². The predicted octanol–water partition coefficient (Wildman–Crippen LogP) is -1.12. The third-order valence-corrected chi connectivity index (χ3v) is 2.66. The molecule has 0 saturated heterocycles. The van der Waals surface area contributed by atoms with Crippen molar-refractivity contribution in [2.75, 3.05) is 27.3 Å². The largest absolute Gasteiger partial charge is 0.463 e. The van der Waals surface area contributed by atoms with Crippen molar-refractivity contribution >= 4 is 23.9 Å². The van der Waals surface area contributed by atoms with E-state index in [1.54, 1.807) is 7.05 Å². The van der Waals surface area contributed by atoms with Gasteiger partial charge in [0, 0.05) is 20.1 Å². The first kappa shape index (κ1) is 19.8. The molecule has 0 aromatic carbocycles. The molecule has 0 saturated carbocycles. The van der Waals surface area contributed by atoms with E-state index in [1.807, 2.05) is 0 Å². The first-order valence-electron chi connectivity index (χ1n) is 6.64. The molecule has 0 spiro atoms. The first-order valence-corrected chi connectivity index (χ1v) is 6.64. The summed E-state index contributed by atoms with van der Waals surface area (Å²) in [7, 11) is 2.97. The molecule has 0 aliphatic heterocycles. The number of methoxy groups -OCH3 is 1. The number of ketones is 1. The van der Waals surface area contributed by atoms with Crippen LogP contribution in [0, 0.1) is 17.8 Å². The van der Waals surface area contributed by atoms with Crippen LogP contribution >= 0.6 is 0 Å². The molecule has 0 rings (SSSR count). The highest BCUT2D eigenvalue weighted by atomic mass is 16.5. The van der Waals surface area contributed by atoms with Gasteiger partial charge in [-0.05, 0) is 13.5 Å². The summed E-state index contributed by atoms with van der Waals surface area (Å²) in [6.45, 7) is 0.583. The maximum atomic E-state index is 11.9. The number of hydrogen-bond acceptors (Lipinski definition) is 7. The SMILES string of the molecule is C#C[C@H](OC)C(=O)N[C@@H](CCC(=O)C=N)C(=O)OCCNC. The lowest BCUT2D eigenvalue weighted by molar-refractivity contribution is -0.148. The molecular weight excluding hydrogens is 290 g/mol. The zero-order chi connectivity index (χ0) is 17.0. The lowest BCUT2D eigenvalue weighted by atomic mass is 10.1. The molecule has 3 N–H and O–H groups in total. The van der Waals surface area contributed by atoms with Crippen LogP contribution in [0.25, 0.3) is 0 Å². The van der Waals surface area contributed by atoms with Crippen molar-refractivity contribution in [2.45, 2.75) is 25.0 Å². The number of hydrogen-bond donors (Lipinski definition) is 3. The van der Waals surface area contributed by atoms with Gasteiger partial charge in [-0.15, -0.1) is 6.42 Å². The maximum absolute atomic E-state index is 11.9. The number of esters is 1. The Bertz CT molecular complexity index is 444. The fourth-order valence-electron chi connectivity index (χ4n) is 1.46. The van der Waals surface area contributed by atoms with Gasteiger partial charge in [0.1, 0.15) is 12.6 Å². The number of Topliss-reactive ketones (excluding diaryl/α,β-unsaturated/α-hetero) is 1. The van der Waals surface area contributed by atoms with Crippen LogP contribution in [0.5, 0.6) is 0 Å². The highest BCUT2D eigenvalue weighted by molar-refractivity contribution is 6.26. The van der Waals surface area contributed by atoms with E-state index in [0.29, 0.717) is 12.8 Å². The van der Waals surface area contributed by atoms with Crippen molar-refractivity contribution < 1.29 is 23.9 Å². The van der Waals surface area contributed by atoms with E-state index in [4.69, 9.17) is 21.3 Å². The van der Waals surface area contributed by atoms with Gasteiger partial charge in [0.25, 0.3) is 5.91 Å². The zero-order valence-corrected chi connectivity index (χ0v) is 12.7. The van der Waals surface area contributed by atoms with E-state index in [0.717, 1.165) is 0 Å². The van der Waals surface area contributed by atoms with Crippen molar-refractivity contribution in [3.05, 3.63) is 0 Å². The maximum Gasteiger partial charge on any atom is 0.328 e. The van der Waals surface area contributed by atoms with E-state index < -0.39 is 29.8 Å². The Balaban J connectivity index is 4.73. The van der Waals surface area contributed by atoms with Gasteiger partial charge >= 0.3 is 5.97 Å². The molecule has 0 radical (unpaired) electrons. The van der Waals surface area contributed by atoms with Crippen LogP contribution in [0.1, 0.15) is 12.8 Å². The normalized spacial score (nSPS) is 12.6. The first-order chi connectivity index (χ1) is 10.5. The van der Waals surface area contributed by atoms with E-state index >= 15 is 0 Å². The van der Waals surface area contributed by atoms with Crippen molar-refractivity contribution in [1.29, 1.82) is 5.41 Å². The molecule has 2 atom stereocenters. The minimum Gasteiger partial charge on any atom is -0.463 e. The van der Waals surface area contributed by atoms with E-state index in [2.05, 4.69) is 16.6 Å². The molecule has 8 heteroatoms.